The molecule has 0 aliphatic carbocycles. The first-order chi connectivity index (χ1) is 10.9. The normalized spacial score (nSPS) is 11.7. The Hall–Kier alpha value is -1.37. The number of hydrogen-bond acceptors (Lipinski definition) is 3. The summed E-state index contributed by atoms with van der Waals surface area (Å²) in [5, 5.41) is 0. The van der Waals surface area contributed by atoms with Gasteiger partial charge in [0.25, 0.3) is 0 Å². The minimum atomic E-state index is -3.64. The number of hydrogen-bond donors (Lipinski definition) is 0. The highest BCUT2D eigenvalue weighted by atomic mass is 79.9. The van der Waals surface area contributed by atoms with Gasteiger partial charge in [0.05, 0.1) is 7.11 Å². The summed E-state index contributed by atoms with van der Waals surface area (Å²) in [5.74, 6) is 0.335. The van der Waals surface area contributed by atoms with Crippen LogP contribution >= 0.6 is 15.9 Å². The molecule has 0 saturated heterocycles. The number of nitrogens with zero attached hydrogens (tertiary/aromatic N) is 1. The van der Waals surface area contributed by atoms with Crippen LogP contribution in [0.3, 0.4) is 0 Å². The Bertz CT molecular complexity index is 773. The summed E-state index contributed by atoms with van der Waals surface area (Å²) >= 11 is 3.31. The van der Waals surface area contributed by atoms with Crippen molar-refractivity contribution < 1.29 is 13.2 Å². The van der Waals surface area contributed by atoms with Gasteiger partial charge in [-0.3, -0.25) is 0 Å². The highest BCUT2D eigenvalue weighted by molar-refractivity contribution is 9.10. The molecule has 0 fully saturated rings. The summed E-state index contributed by atoms with van der Waals surface area (Å²) in [7, 11) is -0.603. The highest BCUT2D eigenvalue weighted by Gasteiger charge is 2.25. The summed E-state index contributed by atoms with van der Waals surface area (Å²) in [6, 6.07) is 12.9. The minimum absolute atomic E-state index is 0.155. The Morgan fingerprint density at radius 3 is 2.26 bits per heavy atom. The van der Waals surface area contributed by atoms with E-state index in [2.05, 4.69) is 22.9 Å². The van der Waals surface area contributed by atoms with E-state index in [1.54, 1.807) is 25.2 Å². The van der Waals surface area contributed by atoms with E-state index in [4.69, 9.17) is 4.74 Å². The lowest BCUT2D eigenvalue weighted by Crippen LogP contribution is -2.27. The van der Waals surface area contributed by atoms with Crippen molar-refractivity contribution in [3.8, 4) is 5.75 Å². The number of aryl methyl sites for hydroxylation is 1. The van der Waals surface area contributed by atoms with Crippen LogP contribution in [-0.2, 0) is 23.0 Å². The topological polar surface area (TPSA) is 46.6 Å². The molecule has 0 saturated carbocycles. The fourth-order valence-corrected chi connectivity index (χ4v) is 4.09. The zero-order chi connectivity index (χ0) is 17.0. The van der Waals surface area contributed by atoms with Gasteiger partial charge in [-0.15, -0.1) is 0 Å². The molecule has 0 unspecified atom stereocenters. The molecule has 2 aromatic carbocycles. The minimum Gasteiger partial charge on any atom is -0.495 e. The molecule has 0 bridgehead atoms. The average molecular weight is 398 g/mol. The molecule has 124 valence electrons. The van der Waals surface area contributed by atoms with E-state index in [0.717, 1.165) is 12.0 Å². The van der Waals surface area contributed by atoms with E-state index in [0.29, 0.717) is 16.8 Å². The highest BCUT2D eigenvalue weighted by Crippen LogP contribution is 2.29. The average Bonchev–Trinajstić information content (AvgIpc) is 2.55. The lowest BCUT2D eigenvalue weighted by Gasteiger charge is -2.19. The van der Waals surface area contributed by atoms with Crippen LogP contribution in [0.1, 0.15) is 18.1 Å². The second-order valence-corrected chi connectivity index (χ2v) is 8.16. The SMILES string of the molecule is CCc1ccc(CN(C)S(=O)(=O)c2cc(Br)ccc2OC)cc1. The molecule has 0 aliphatic heterocycles. The Morgan fingerprint density at radius 1 is 1.09 bits per heavy atom. The van der Waals surface area contributed by atoms with Crippen molar-refractivity contribution in [3.63, 3.8) is 0 Å². The fraction of sp³-hybridized carbons (Fsp3) is 0.294. The Morgan fingerprint density at radius 2 is 1.70 bits per heavy atom. The van der Waals surface area contributed by atoms with Gasteiger partial charge in [-0.1, -0.05) is 47.1 Å². The van der Waals surface area contributed by atoms with Crippen LogP contribution in [0.4, 0.5) is 0 Å². The molecule has 0 heterocycles. The molecule has 0 radical (unpaired) electrons. The second-order valence-electron chi connectivity index (χ2n) is 5.23. The lowest BCUT2D eigenvalue weighted by molar-refractivity contribution is 0.397. The van der Waals surface area contributed by atoms with Crippen LogP contribution in [0.5, 0.6) is 5.75 Å². The molecule has 0 N–H and O–H groups in total. The van der Waals surface area contributed by atoms with E-state index < -0.39 is 10.0 Å². The Balaban J connectivity index is 2.29. The summed E-state index contributed by atoms with van der Waals surface area (Å²) in [5.41, 5.74) is 2.18. The molecule has 6 heteroatoms. The fourth-order valence-electron chi connectivity index (χ4n) is 2.24. The van der Waals surface area contributed by atoms with Gasteiger partial charge in [-0.25, -0.2) is 8.42 Å². The van der Waals surface area contributed by atoms with Gasteiger partial charge in [0.2, 0.25) is 10.0 Å². The predicted octanol–water partition coefficient (Wildman–Crippen LogP) is 3.84. The van der Waals surface area contributed by atoms with Gasteiger partial charge < -0.3 is 4.74 Å². The van der Waals surface area contributed by atoms with E-state index in [-0.39, 0.29) is 4.90 Å². The molecule has 0 spiro atoms. The summed E-state index contributed by atoms with van der Waals surface area (Å²) in [6.07, 6.45) is 0.962. The van der Waals surface area contributed by atoms with Crippen LogP contribution < -0.4 is 4.74 Å². The zero-order valence-electron chi connectivity index (χ0n) is 13.4. The molecule has 0 amide bonds. The monoisotopic (exact) mass is 397 g/mol. The third-order valence-electron chi connectivity index (χ3n) is 3.65. The van der Waals surface area contributed by atoms with Crippen molar-refractivity contribution >= 4 is 26.0 Å². The number of sulfonamides is 1. The van der Waals surface area contributed by atoms with Gasteiger partial charge in [0.15, 0.2) is 0 Å². The lowest BCUT2D eigenvalue weighted by atomic mass is 10.1. The molecule has 2 rings (SSSR count). The van der Waals surface area contributed by atoms with Crippen LogP contribution in [-0.4, -0.2) is 26.9 Å². The van der Waals surface area contributed by atoms with Crippen molar-refractivity contribution in [2.75, 3.05) is 14.2 Å². The zero-order valence-corrected chi connectivity index (χ0v) is 15.8. The molecular weight excluding hydrogens is 378 g/mol. The van der Waals surface area contributed by atoms with Crippen LogP contribution in [0.2, 0.25) is 0 Å². The largest absolute Gasteiger partial charge is 0.495 e. The molecule has 23 heavy (non-hydrogen) atoms. The van der Waals surface area contributed by atoms with Gasteiger partial charge in [-0.05, 0) is 35.7 Å². The third-order valence-corrected chi connectivity index (χ3v) is 5.97. The third kappa shape index (κ3) is 4.13. The number of rotatable bonds is 6. The van der Waals surface area contributed by atoms with Crippen molar-refractivity contribution in [3.05, 3.63) is 58.1 Å². The van der Waals surface area contributed by atoms with E-state index in [1.807, 2.05) is 24.3 Å². The van der Waals surface area contributed by atoms with E-state index >= 15 is 0 Å². The first-order valence-corrected chi connectivity index (χ1v) is 9.49. The van der Waals surface area contributed by atoms with Gasteiger partial charge in [0.1, 0.15) is 10.6 Å². The van der Waals surface area contributed by atoms with Gasteiger partial charge in [0, 0.05) is 18.1 Å². The van der Waals surface area contributed by atoms with E-state index in [1.165, 1.54) is 17.0 Å². The first-order valence-electron chi connectivity index (χ1n) is 7.26. The Kier molecular flexibility index (Phi) is 5.84. The number of halogens is 1. The van der Waals surface area contributed by atoms with Crippen molar-refractivity contribution in [1.29, 1.82) is 0 Å². The summed E-state index contributed by atoms with van der Waals surface area (Å²) in [4.78, 5) is 0.155. The van der Waals surface area contributed by atoms with Crippen molar-refractivity contribution in [1.82, 2.24) is 4.31 Å². The maximum atomic E-state index is 12.8. The number of benzene rings is 2. The first kappa shape index (κ1) is 18.0. The maximum Gasteiger partial charge on any atom is 0.246 e. The molecule has 0 atom stereocenters. The summed E-state index contributed by atoms with van der Waals surface area (Å²) in [6.45, 7) is 2.40. The number of methoxy groups -OCH3 is 1. The molecule has 0 aromatic heterocycles. The summed E-state index contributed by atoms with van der Waals surface area (Å²) < 4.78 is 32.8. The molecular formula is C17H20BrNO3S. The Labute approximate surface area is 146 Å². The van der Waals surface area contributed by atoms with Gasteiger partial charge in [-0.2, -0.15) is 4.31 Å². The number of ether oxygens (including phenoxy) is 1. The molecule has 4 nitrogen and oxygen atoms in total. The molecule has 0 aliphatic rings. The standard InChI is InChI=1S/C17H20BrNO3S/c1-4-13-5-7-14(8-6-13)12-19(2)23(20,21)17-11-15(18)9-10-16(17)22-3/h5-11H,4,12H2,1-3H3. The van der Waals surface area contributed by atoms with Crippen LogP contribution in [0, 0.1) is 0 Å². The quantitative estimate of drug-likeness (QED) is 0.743. The predicted molar refractivity (Wildman–Crippen MR) is 95.2 cm³/mol. The van der Waals surface area contributed by atoms with Crippen molar-refractivity contribution in [2.24, 2.45) is 0 Å². The molecule has 2 aromatic rings. The maximum absolute atomic E-state index is 12.8. The van der Waals surface area contributed by atoms with E-state index in [9.17, 15) is 8.42 Å². The van der Waals surface area contributed by atoms with Crippen LogP contribution in [0.15, 0.2) is 51.8 Å². The van der Waals surface area contributed by atoms with Crippen LogP contribution in [0.25, 0.3) is 0 Å². The second kappa shape index (κ2) is 7.47. The smallest absolute Gasteiger partial charge is 0.246 e. The van der Waals surface area contributed by atoms with Crippen molar-refractivity contribution in [2.45, 2.75) is 24.8 Å². The van der Waals surface area contributed by atoms with Gasteiger partial charge >= 0.3 is 0 Å².